The standard InChI is InChI=1S/C18H24N2O3/c1-3-15(21)20-11-9-18(2,10-12-20)13-19-17(23)16(22)14-7-5-4-6-8-14/h3-8,16,22H,1,9-13H2,2H3,(H,19,23)/t16-/m0/s1. The summed E-state index contributed by atoms with van der Waals surface area (Å²) in [5.41, 5.74) is 0.519. The number of nitrogens with zero attached hydrogens (tertiary/aromatic N) is 1. The lowest BCUT2D eigenvalue weighted by Crippen LogP contribution is -2.46. The molecule has 5 heteroatoms. The van der Waals surface area contributed by atoms with Gasteiger partial charge in [0.15, 0.2) is 6.10 Å². The lowest BCUT2D eigenvalue weighted by Gasteiger charge is -2.39. The van der Waals surface area contributed by atoms with Crippen molar-refractivity contribution in [2.45, 2.75) is 25.9 Å². The number of carbonyl (C=O) groups is 2. The Bertz CT molecular complexity index is 563. The van der Waals surface area contributed by atoms with Crippen LogP contribution in [-0.2, 0) is 9.59 Å². The average molecular weight is 316 g/mol. The van der Waals surface area contributed by atoms with Crippen LogP contribution in [0.15, 0.2) is 43.0 Å². The highest BCUT2D eigenvalue weighted by Gasteiger charge is 2.32. The smallest absolute Gasteiger partial charge is 0.253 e. The van der Waals surface area contributed by atoms with E-state index in [1.807, 2.05) is 6.07 Å². The van der Waals surface area contributed by atoms with E-state index in [9.17, 15) is 14.7 Å². The Balaban J connectivity index is 1.85. The molecule has 1 aromatic carbocycles. The molecule has 1 heterocycles. The summed E-state index contributed by atoms with van der Waals surface area (Å²) >= 11 is 0. The molecule has 124 valence electrons. The fourth-order valence-electron chi connectivity index (χ4n) is 2.76. The van der Waals surface area contributed by atoms with Crippen LogP contribution in [0.1, 0.15) is 31.4 Å². The van der Waals surface area contributed by atoms with Crippen molar-refractivity contribution in [2.24, 2.45) is 5.41 Å². The van der Waals surface area contributed by atoms with Crippen LogP contribution >= 0.6 is 0 Å². The summed E-state index contributed by atoms with van der Waals surface area (Å²) in [6.45, 7) is 7.42. The molecule has 1 atom stereocenters. The Morgan fingerprint density at radius 3 is 2.52 bits per heavy atom. The molecule has 0 unspecified atom stereocenters. The third-order valence-corrected chi connectivity index (χ3v) is 4.51. The van der Waals surface area contributed by atoms with Crippen molar-refractivity contribution in [3.8, 4) is 0 Å². The first-order valence-corrected chi connectivity index (χ1v) is 7.87. The van der Waals surface area contributed by atoms with Gasteiger partial charge in [0.1, 0.15) is 0 Å². The predicted octanol–water partition coefficient (Wildman–Crippen LogP) is 1.65. The third-order valence-electron chi connectivity index (χ3n) is 4.51. The highest BCUT2D eigenvalue weighted by molar-refractivity contribution is 5.87. The van der Waals surface area contributed by atoms with E-state index < -0.39 is 6.10 Å². The lowest BCUT2D eigenvalue weighted by molar-refractivity contribution is -0.131. The number of likely N-dealkylation sites (tertiary alicyclic amines) is 1. The van der Waals surface area contributed by atoms with Crippen LogP contribution in [0.3, 0.4) is 0 Å². The van der Waals surface area contributed by atoms with Gasteiger partial charge in [-0.25, -0.2) is 0 Å². The van der Waals surface area contributed by atoms with Crippen molar-refractivity contribution in [3.63, 3.8) is 0 Å². The molecule has 2 rings (SSSR count). The summed E-state index contributed by atoms with van der Waals surface area (Å²) in [6, 6.07) is 8.88. The molecule has 1 saturated heterocycles. The molecule has 0 bridgehead atoms. The molecule has 1 aliphatic heterocycles. The quantitative estimate of drug-likeness (QED) is 0.812. The zero-order chi connectivity index (χ0) is 16.9. The lowest BCUT2D eigenvalue weighted by atomic mass is 9.80. The van der Waals surface area contributed by atoms with Crippen LogP contribution < -0.4 is 5.32 Å². The summed E-state index contributed by atoms with van der Waals surface area (Å²) in [6.07, 6.45) is 1.81. The second-order valence-electron chi connectivity index (χ2n) is 6.37. The van der Waals surface area contributed by atoms with Crippen LogP contribution in [0, 0.1) is 5.41 Å². The van der Waals surface area contributed by atoms with E-state index in [4.69, 9.17) is 0 Å². The van der Waals surface area contributed by atoms with E-state index in [1.54, 1.807) is 29.2 Å². The number of hydrogen-bond acceptors (Lipinski definition) is 3. The second kappa shape index (κ2) is 7.42. The molecule has 1 fully saturated rings. The fourth-order valence-corrected chi connectivity index (χ4v) is 2.76. The van der Waals surface area contributed by atoms with Gasteiger partial charge in [-0.15, -0.1) is 0 Å². The highest BCUT2D eigenvalue weighted by atomic mass is 16.3. The van der Waals surface area contributed by atoms with Crippen LogP contribution in [0.25, 0.3) is 0 Å². The minimum atomic E-state index is -1.15. The Hall–Kier alpha value is -2.14. The Morgan fingerprint density at radius 2 is 1.96 bits per heavy atom. The first-order valence-electron chi connectivity index (χ1n) is 7.87. The van der Waals surface area contributed by atoms with Crippen molar-refractivity contribution >= 4 is 11.8 Å². The van der Waals surface area contributed by atoms with Crippen LogP contribution in [0.2, 0.25) is 0 Å². The van der Waals surface area contributed by atoms with E-state index in [1.165, 1.54) is 6.08 Å². The van der Waals surface area contributed by atoms with E-state index in [0.717, 1.165) is 12.8 Å². The molecule has 0 aliphatic carbocycles. The van der Waals surface area contributed by atoms with Crippen molar-refractivity contribution in [1.29, 1.82) is 0 Å². The second-order valence-corrected chi connectivity index (χ2v) is 6.37. The minimum absolute atomic E-state index is 0.0458. The zero-order valence-electron chi connectivity index (χ0n) is 13.5. The van der Waals surface area contributed by atoms with Crippen molar-refractivity contribution < 1.29 is 14.7 Å². The largest absolute Gasteiger partial charge is 0.378 e. The summed E-state index contributed by atoms with van der Waals surface area (Å²) in [5, 5.41) is 12.9. The topological polar surface area (TPSA) is 69.6 Å². The third kappa shape index (κ3) is 4.42. The Morgan fingerprint density at radius 1 is 1.35 bits per heavy atom. The summed E-state index contributed by atoms with van der Waals surface area (Å²) in [5.74, 6) is -0.433. The van der Waals surface area contributed by atoms with Gasteiger partial charge in [0.25, 0.3) is 5.91 Å². The van der Waals surface area contributed by atoms with Crippen molar-refractivity contribution in [3.05, 3.63) is 48.6 Å². The van der Waals surface area contributed by atoms with Gasteiger partial charge in [0.2, 0.25) is 5.91 Å². The first kappa shape index (κ1) is 17.2. The number of amides is 2. The molecular weight excluding hydrogens is 292 g/mol. The number of carbonyl (C=O) groups excluding carboxylic acids is 2. The number of rotatable bonds is 5. The number of aliphatic hydroxyl groups excluding tert-OH is 1. The number of benzene rings is 1. The van der Waals surface area contributed by atoms with Gasteiger partial charge in [-0.3, -0.25) is 9.59 Å². The van der Waals surface area contributed by atoms with E-state index in [2.05, 4.69) is 18.8 Å². The molecule has 0 aromatic heterocycles. The SMILES string of the molecule is C=CC(=O)N1CCC(C)(CNC(=O)[C@@H](O)c2ccccc2)CC1. The van der Waals surface area contributed by atoms with Gasteiger partial charge in [-0.2, -0.15) is 0 Å². The minimum Gasteiger partial charge on any atom is -0.378 e. The van der Waals surface area contributed by atoms with E-state index in [-0.39, 0.29) is 17.2 Å². The number of piperidine rings is 1. The van der Waals surface area contributed by atoms with Crippen molar-refractivity contribution in [1.82, 2.24) is 10.2 Å². The Kier molecular flexibility index (Phi) is 5.55. The molecular formula is C18H24N2O3. The molecule has 1 aromatic rings. The van der Waals surface area contributed by atoms with E-state index >= 15 is 0 Å². The maximum absolute atomic E-state index is 12.1. The van der Waals surface area contributed by atoms with Gasteiger partial charge in [0.05, 0.1) is 0 Å². The maximum atomic E-state index is 12.1. The number of nitrogens with one attached hydrogen (secondary N) is 1. The van der Waals surface area contributed by atoms with Crippen LogP contribution in [0.5, 0.6) is 0 Å². The van der Waals surface area contributed by atoms with Gasteiger partial charge in [0, 0.05) is 19.6 Å². The molecule has 2 amide bonds. The summed E-state index contributed by atoms with van der Waals surface area (Å²) < 4.78 is 0. The number of aliphatic hydroxyl groups is 1. The highest BCUT2D eigenvalue weighted by Crippen LogP contribution is 2.30. The van der Waals surface area contributed by atoms with Gasteiger partial charge >= 0.3 is 0 Å². The molecule has 1 aliphatic rings. The fraction of sp³-hybridized carbons (Fsp3) is 0.444. The predicted molar refractivity (Wildman–Crippen MR) is 88.5 cm³/mol. The summed E-state index contributed by atoms with van der Waals surface area (Å²) in [4.78, 5) is 25.5. The Labute approximate surface area is 137 Å². The molecule has 0 radical (unpaired) electrons. The van der Waals surface area contributed by atoms with Gasteiger partial charge in [-0.05, 0) is 29.9 Å². The molecule has 23 heavy (non-hydrogen) atoms. The molecule has 2 N–H and O–H groups in total. The normalized spacial score (nSPS) is 18.1. The van der Waals surface area contributed by atoms with Gasteiger partial charge in [-0.1, -0.05) is 43.8 Å². The average Bonchev–Trinajstić information content (AvgIpc) is 2.60. The zero-order valence-corrected chi connectivity index (χ0v) is 13.5. The monoisotopic (exact) mass is 316 g/mol. The van der Waals surface area contributed by atoms with Gasteiger partial charge < -0.3 is 15.3 Å². The van der Waals surface area contributed by atoms with E-state index in [0.29, 0.717) is 25.2 Å². The first-order chi connectivity index (χ1) is 10.9. The molecule has 0 spiro atoms. The maximum Gasteiger partial charge on any atom is 0.253 e. The van der Waals surface area contributed by atoms with Crippen LogP contribution in [-0.4, -0.2) is 41.5 Å². The summed E-state index contributed by atoms with van der Waals surface area (Å²) in [7, 11) is 0. The van der Waals surface area contributed by atoms with Crippen molar-refractivity contribution in [2.75, 3.05) is 19.6 Å². The molecule has 0 saturated carbocycles. The van der Waals surface area contributed by atoms with Crippen LogP contribution in [0.4, 0.5) is 0 Å². The molecule has 5 nitrogen and oxygen atoms in total. The number of hydrogen-bond donors (Lipinski definition) is 2.